The first kappa shape index (κ1) is 14.3. The number of rotatable bonds is 5. The number of benzene rings is 1. The van der Waals surface area contributed by atoms with E-state index in [1.54, 1.807) is 0 Å². The molecule has 0 aromatic heterocycles. The highest BCUT2D eigenvalue weighted by Gasteiger charge is 2.11. The Labute approximate surface area is 113 Å². The molecule has 1 aromatic carbocycles. The van der Waals surface area contributed by atoms with Crippen molar-refractivity contribution in [1.29, 1.82) is 0 Å². The van der Waals surface area contributed by atoms with Gasteiger partial charge in [-0.2, -0.15) is 0 Å². The van der Waals surface area contributed by atoms with Gasteiger partial charge in [-0.1, -0.05) is 35.0 Å². The van der Waals surface area contributed by atoms with Crippen LogP contribution < -0.4 is 5.32 Å². The summed E-state index contributed by atoms with van der Waals surface area (Å²) in [5.74, 6) is 2.75. The van der Waals surface area contributed by atoms with Crippen LogP contribution in [-0.2, 0) is 0 Å². The average Bonchev–Trinajstić information content (AvgIpc) is 2.31. The molecule has 0 heterocycles. The average molecular weight is 294 g/mol. The molecule has 1 N–H and O–H groups in total. The molecule has 0 radical (unpaired) electrons. The Balaban J connectivity index is 2.98. The van der Waals surface area contributed by atoms with Crippen LogP contribution in [0.3, 0.4) is 0 Å². The monoisotopic (exact) mass is 293 g/mol. The van der Waals surface area contributed by atoms with Gasteiger partial charge in [0.1, 0.15) is 0 Å². The van der Waals surface area contributed by atoms with Crippen molar-refractivity contribution in [2.75, 3.05) is 6.54 Å². The predicted octanol–water partition coefficient (Wildman–Crippen LogP) is 4.13. The molecule has 0 fully saturated rings. The van der Waals surface area contributed by atoms with E-state index >= 15 is 0 Å². The molecule has 92 valence electrons. The summed E-state index contributed by atoms with van der Waals surface area (Å²) in [6.45, 7) is 7.40. The number of aryl methyl sites for hydroxylation is 2. The third kappa shape index (κ3) is 3.87. The lowest BCUT2D eigenvalue weighted by molar-refractivity contribution is 0.542. The molecule has 1 unspecified atom stereocenters. The molecular weight excluding hydrogens is 274 g/mol. The summed E-state index contributed by atoms with van der Waals surface area (Å²) < 4.78 is 1.19. The maximum Gasteiger partial charge on any atom is 0.0431 e. The second-order valence-corrected chi connectivity index (χ2v) is 5.18. The maximum absolute atomic E-state index is 5.45. The van der Waals surface area contributed by atoms with E-state index in [2.05, 4.69) is 60.1 Å². The van der Waals surface area contributed by atoms with Crippen LogP contribution in [0.25, 0.3) is 0 Å². The quantitative estimate of drug-likeness (QED) is 0.805. The van der Waals surface area contributed by atoms with Crippen LogP contribution in [-0.4, -0.2) is 6.54 Å². The van der Waals surface area contributed by atoms with Gasteiger partial charge in [0, 0.05) is 16.9 Å². The lowest BCUT2D eigenvalue weighted by atomic mass is 9.99. The van der Waals surface area contributed by atoms with Crippen LogP contribution in [0, 0.1) is 26.2 Å². The third-order valence-corrected chi connectivity index (χ3v) is 4.07. The first-order valence-electron chi connectivity index (χ1n) is 6.03. The number of halogens is 1. The van der Waals surface area contributed by atoms with Crippen molar-refractivity contribution in [3.05, 3.63) is 33.3 Å². The second kappa shape index (κ2) is 6.83. The smallest absolute Gasteiger partial charge is 0.0431 e. The zero-order valence-corrected chi connectivity index (χ0v) is 12.4. The first-order chi connectivity index (χ1) is 8.10. The van der Waals surface area contributed by atoms with Gasteiger partial charge in [0.15, 0.2) is 0 Å². The molecule has 0 aliphatic carbocycles. The molecule has 0 bridgehead atoms. The van der Waals surface area contributed by atoms with E-state index in [-0.39, 0.29) is 6.04 Å². The van der Waals surface area contributed by atoms with Crippen LogP contribution in [0.4, 0.5) is 0 Å². The fourth-order valence-electron chi connectivity index (χ4n) is 1.92. The zero-order chi connectivity index (χ0) is 12.8. The molecular formula is C15H20BrN. The molecule has 2 heteroatoms. The van der Waals surface area contributed by atoms with Gasteiger partial charge >= 0.3 is 0 Å². The van der Waals surface area contributed by atoms with Gasteiger partial charge in [-0.15, -0.1) is 12.3 Å². The highest BCUT2D eigenvalue weighted by atomic mass is 79.9. The molecule has 0 saturated carbocycles. The van der Waals surface area contributed by atoms with Crippen molar-refractivity contribution < 1.29 is 0 Å². The lowest BCUT2D eigenvalue weighted by Crippen LogP contribution is -2.22. The van der Waals surface area contributed by atoms with Gasteiger partial charge in [0.25, 0.3) is 0 Å². The van der Waals surface area contributed by atoms with Crippen molar-refractivity contribution in [1.82, 2.24) is 5.32 Å². The molecule has 0 aliphatic heterocycles. The molecule has 0 spiro atoms. The predicted molar refractivity (Wildman–Crippen MR) is 78.1 cm³/mol. The Morgan fingerprint density at radius 2 is 1.94 bits per heavy atom. The van der Waals surface area contributed by atoms with Gasteiger partial charge in [-0.05, 0) is 43.5 Å². The minimum atomic E-state index is 0.269. The van der Waals surface area contributed by atoms with Crippen LogP contribution in [0.2, 0.25) is 0 Å². The van der Waals surface area contributed by atoms with Crippen molar-refractivity contribution in [3.63, 3.8) is 0 Å². The summed E-state index contributed by atoms with van der Waals surface area (Å²) in [6.07, 6.45) is 7.30. The van der Waals surface area contributed by atoms with E-state index in [0.29, 0.717) is 0 Å². The minimum Gasteiger partial charge on any atom is -0.309 e. The Hall–Kier alpha value is -0.780. The van der Waals surface area contributed by atoms with E-state index in [0.717, 1.165) is 19.4 Å². The van der Waals surface area contributed by atoms with Crippen LogP contribution >= 0.6 is 15.9 Å². The SMILES string of the molecule is C#CCC(NCCC)c1cc(C)c(Br)c(C)c1. The van der Waals surface area contributed by atoms with E-state index in [4.69, 9.17) is 6.42 Å². The lowest BCUT2D eigenvalue weighted by Gasteiger charge is -2.18. The van der Waals surface area contributed by atoms with Crippen LogP contribution in [0.5, 0.6) is 0 Å². The summed E-state index contributed by atoms with van der Waals surface area (Å²) in [5, 5.41) is 3.50. The highest BCUT2D eigenvalue weighted by Crippen LogP contribution is 2.26. The Bertz CT molecular complexity index is 394. The Morgan fingerprint density at radius 3 is 2.41 bits per heavy atom. The van der Waals surface area contributed by atoms with Gasteiger partial charge in [-0.3, -0.25) is 0 Å². The summed E-state index contributed by atoms with van der Waals surface area (Å²) in [5.41, 5.74) is 3.82. The van der Waals surface area contributed by atoms with E-state index < -0.39 is 0 Å². The van der Waals surface area contributed by atoms with Gasteiger partial charge in [0.05, 0.1) is 0 Å². The van der Waals surface area contributed by atoms with Crippen LogP contribution in [0.1, 0.15) is 42.5 Å². The number of nitrogens with one attached hydrogen (secondary N) is 1. The molecule has 1 aromatic rings. The molecule has 17 heavy (non-hydrogen) atoms. The number of hydrogen-bond donors (Lipinski definition) is 1. The molecule has 1 atom stereocenters. The van der Waals surface area contributed by atoms with Crippen molar-refractivity contribution in [3.8, 4) is 12.3 Å². The van der Waals surface area contributed by atoms with Gasteiger partial charge in [0.2, 0.25) is 0 Å². The Morgan fingerprint density at radius 1 is 1.35 bits per heavy atom. The van der Waals surface area contributed by atoms with Crippen LogP contribution in [0.15, 0.2) is 16.6 Å². The standard InChI is InChI=1S/C15H20BrN/c1-5-7-14(17-8-6-2)13-9-11(3)15(16)12(4)10-13/h1,9-10,14,17H,6-8H2,2-4H3. The van der Waals surface area contributed by atoms with Crippen molar-refractivity contribution in [2.45, 2.75) is 39.7 Å². The van der Waals surface area contributed by atoms with Gasteiger partial charge < -0.3 is 5.32 Å². The maximum atomic E-state index is 5.45. The Kier molecular flexibility index (Phi) is 5.74. The second-order valence-electron chi connectivity index (χ2n) is 4.38. The summed E-state index contributed by atoms with van der Waals surface area (Å²) in [7, 11) is 0. The van der Waals surface area contributed by atoms with E-state index in [9.17, 15) is 0 Å². The molecule has 1 nitrogen and oxygen atoms in total. The third-order valence-electron chi connectivity index (χ3n) is 2.82. The fraction of sp³-hybridized carbons (Fsp3) is 0.467. The fourth-order valence-corrected chi connectivity index (χ4v) is 2.15. The van der Waals surface area contributed by atoms with Crippen molar-refractivity contribution >= 4 is 15.9 Å². The minimum absolute atomic E-state index is 0.269. The topological polar surface area (TPSA) is 12.0 Å². The zero-order valence-electron chi connectivity index (χ0n) is 10.8. The van der Waals surface area contributed by atoms with E-state index in [1.165, 1.54) is 21.2 Å². The summed E-state index contributed by atoms with van der Waals surface area (Å²) in [4.78, 5) is 0. The summed E-state index contributed by atoms with van der Waals surface area (Å²) in [6, 6.07) is 4.69. The first-order valence-corrected chi connectivity index (χ1v) is 6.83. The molecule has 0 aliphatic rings. The largest absolute Gasteiger partial charge is 0.309 e. The van der Waals surface area contributed by atoms with Crippen molar-refractivity contribution in [2.24, 2.45) is 0 Å². The van der Waals surface area contributed by atoms with E-state index in [1.807, 2.05) is 0 Å². The molecule has 0 amide bonds. The number of hydrogen-bond acceptors (Lipinski definition) is 1. The normalized spacial score (nSPS) is 12.2. The highest BCUT2D eigenvalue weighted by molar-refractivity contribution is 9.10. The number of terminal acetylenes is 1. The molecule has 1 rings (SSSR count). The summed E-state index contributed by atoms with van der Waals surface area (Å²) >= 11 is 3.59. The molecule has 0 saturated heterocycles. The van der Waals surface area contributed by atoms with Gasteiger partial charge in [-0.25, -0.2) is 0 Å².